The summed E-state index contributed by atoms with van der Waals surface area (Å²) in [6.07, 6.45) is 12.2. The highest BCUT2D eigenvalue weighted by molar-refractivity contribution is 5.89. The molecule has 0 aromatic heterocycles. The van der Waals surface area contributed by atoms with Gasteiger partial charge in [0.2, 0.25) is 0 Å². The van der Waals surface area contributed by atoms with E-state index in [9.17, 15) is 9.59 Å². The van der Waals surface area contributed by atoms with Gasteiger partial charge in [0.1, 0.15) is 0 Å². The van der Waals surface area contributed by atoms with E-state index in [0.717, 1.165) is 31.8 Å². The fourth-order valence-corrected chi connectivity index (χ4v) is 2.71. The second-order valence-corrected chi connectivity index (χ2v) is 5.96. The summed E-state index contributed by atoms with van der Waals surface area (Å²) in [7, 11) is 0. The summed E-state index contributed by atoms with van der Waals surface area (Å²) in [5.41, 5.74) is 4.34. The average Bonchev–Trinajstić information content (AvgIpc) is 2.49. The topological polar surface area (TPSA) is 69.4 Å². The third kappa shape index (κ3) is 8.20. The van der Waals surface area contributed by atoms with Crippen LogP contribution in [0.1, 0.15) is 84.5 Å². The standard InChI is InChI=1S/C18H33NO3/c1-4-7-8-9-10-11-12-13-15-18(14-5-2,17(19)21)22-16(20)6-3/h6H,3-5,7-15H2,1-2H3,(H2,19,21). The molecular formula is C18H33NO3. The highest BCUT2D eigenvalue weighted by atomic mass is 16.6. The summed E-state index contributed by atoms with van der Waals surface area (Å²) >= 11 is 0. The highest BCUT2D eigenvalue weighted by Gasteiger charge is 2.38. The molecule has 2 N–H and O–H groups in total. The van der Waals surface area contributed by atoms with Crippen molar-refractivity contribution < 1.29 is 14.3 Å². The van der Waals surface area contributed by atoms with Crippen LogP contribution in [0.2, 0.25) is 0 Å². The molecule has 0 saturated carbocycles. The summed E-state index contributed by atoms with van der Waals surface area (Å²) < 4.78 is 5.32. The van der Waals surface area contributed by atoms with Gasteiger partial charge >= 0.3 is 5.97 Å². The third-order valence-corrected chi connectivity index (χ3v) is 4.00. The van der Waals surface area contributed by atoms with E-state index in [4.69, 9.17) is 10.5 Å². The smallest absolute Gasteiger partial charge is 0.331 e. The maximum atomic E-state index is 11.8. The molecule has 0 aliphatic rings. The van der Waals surface area contributed by atoms with Crippen LogP contribution in [0, 0.1) is 0 Å². The number of esters is 1. The van der Waals surface area contributed by atoms with Gasteiger partial charge in [-0.1, -0.05) is 71.8 Å². The molecule has 0 fully saturated rings. The largest absolute Gasteiger partial charge is 0.446 e. The molecule has 0 heterocycles. The first-order chi connectivity index (χ1) is 10.5. The van der Waals surface area contributed by atoms with Crippen molar-refractivity contribution >= 4 is 11.9 Å². The number of unbranched alkanes of at least 4 members (excludes halogenated alkanes) is 7. The molecule has 1 unspecified atom stereocenters. The quantitative estimate of drug-likeness (QED) is 0.296. The van der Waals surface area contributed by atoms with Gasteiger partial charge in [-0.15, -0.1) is 0 Å². The highest BCUT2D eigenvalue weighted by Crippen LogP contribution is 2.26. The van der Waals surface area contributed by atoms with E-state index in [-0.39, 0.29) is 0 Å². The van der Waals surface area contributed by atoms with Gasteiger partial charge in [0, 0.05) is 6.08 Å². The molecule has 0 spiro atoms. The Morgan fingerprint density at radius 2 is 1.50 bits per heavy atom. The lowest BCUT2D eigenvalue weighted by molar-refractivity contribution is -0.164. The van der Waals surface area contributed by atoms with Gasteiger partial charge in [-0.3, -0.25) is 4.79 Å². The molecule has 0 aliphatic heterocycles. The minimum absolute atomic E-state index is 0.471. The first kappa shape index (κ1) is 20.7. The molecule has 0 radical (unpaired) electrons. The van der Waals surface area contributed by atoms with Crippen LogP contribution in [0.25, 0.3) is 0 Å². The Labute approximate surface area is 135 Å². The molecule has 1 atom stereocenters. The van der Waals surface area contributed by atoms with Crippen molar-refractivity contribution in [3.63, 3.8) is 0 Å². The number of carbonyl (C=O) groups is 2. The number of amides is 1. The van der Waals surface area contributed by atoms with Gasteiger partial charge in [-0.25, -0.2) is 4.79 Å². The second kappa shape index (κ2) is 12.2. The fraction of sp³-hybridized carbons (Fsp3) is 0.778. The molecule has 0 rings (SSSR count). The number of hydrogen-bond donors (Lipinski definition) is 1. The number of ether oxygens (including phenoxy) is 1. The van der Waals surface area contributed by atoms with Crippen molar-refractivity contribution in [2.45, 2.75) is 90.1 Å². The molecule has 4 heteroatoms. The zero-order chi connectivity index (χ0) is 16.8. The second-order valence-electron chi connectivity index (χ2n) is 5.96. The van der Waals surface area contributed by atoms with Crippen molar-refractivity contribution in [3.8, 4) is 0 Å². The molecular weight excluding hydrogens is 278 g/mol. The molecule has 4 nitrogen and oxygen atoms in total. The summed E-state index contributed by atoms with van der Waals surface area (Å²) in [5, 5.41) is 0. The van der Waals surface area contributed by atoms with Crippen LogP contribution in [0.3, 0.4) is 0 Å². The van der Waals surface area contributed by atoms with Crippen LogP contribution in [0.15, 0.2) is 12.7 Å². The summed E-state index contributed by atoms with van der Waals surface area (Å²) in [5.74, 6) is -1.13. The van der Waals surface area contributed by atoms with Crippen molar-refractivity contribution in [2.24, 2.45) is 5.73 Å². The predicted molar refractivity (Wildman–Crippen MR) is 90.3 cm³/mol. The van der Waals surface area contributed by atoms with Gasteiger partial charge in [0.05, 0.1) is 0 Å². The van der Waals surface area contributed by atoms with Crippen LogP contribution < -0.4 is 5.73 Å². The number of hydrogen-bond acceptors (Lipinski definition) is 3. The minimum atomic E-state index is -1.16. The number of nitrogens with two attached hydrogens (primary N) is 1. The first-order valence-corrected chi connectivity index (χ1v) is 8.67. The van der Waals surface area contributed by atoms with Gasteiger partial charge < -0.3 is 10.5 Å². The molecule has 0 saturated heterocycles. The maximum absolute atomic E-state index is 11.8. The van der Waals surface area contributed by atoms with E-state index in [1.165, 1.54) is 32.1 Å². The van der Waals surface area contributed by atoms with E-state index >= 15 is 0 Å². The zero-order valence-corrected chi connectivity index (χ0v) is 14.4. The Balaban J connectivity index is 4.26. The Kier molecular flexibility index (Phi) is 11.5. The van der Waals surface area contributed by atoms with Crippen LogP contribution in [-0.2, 0) is 14.3 Å². The van der Waals surface area contributed by atoms with E-state index in [2.05, 4.69) is 13.5 Å². The normalized spacial score (nSPS) is 13.4. The minimum Gasteiger partial charge on any atom is -0.446 e. The predicted octanol–water partition coefficient (Wildman–Crippen LogP) is 4.27. The van der Waals surface area contributed by atoms with Gasteiger partial charge in [0.15, 0.2) is 5.60 Å². The number of primary amides is 1. The van der Waals surface area contributed by atoms with Gasteiger partial charge in [-0.05, 0) is 19.3 Å². The maximum Gasteiger partial charge on any atom is 0.331 e. The number of rotatable bonds is 14. The molecule has 0 aromatic rings. The van der Waals surface area contributed by atoms with Crippen LogP contribution >= 0.6 is 0 Å². The molecule has 0 aromatic carbocycles. The van der Waals surface area contributed by atoms with E-state index in [0.29, 0.717) is 12.8 Å². The third-order valence-electron chi connectivity index (χ3n) is 4.00. The summed E-state index contributed by atoms with van der Waals surface area (Å²) in [4.78, 5) is 23.3. The Morgan fingerprint density at radius 3 is 1.95 bits per heavy atom. The van der Waals surface area contributed by atoms with Crippen molar-refractivity contribution in [3.05, 3.63) is 12.7 Å². The van der Waals surface area contributed by atoms with Crippen molar-refractivity contribution in [1.82, 2.24) is 0 Å². The number of carbonyl (C=O) groups excluding carboxylic acids is 2. The SMILES string of the molecule is C=CC(=O)OC(CCC)(CCCCCCCCCC)C(N)=O. The van der Waals surface area contributed by atoms with Gasteiger partial charge in [0.25, 0.3) is 5.91 Å². The molecule has 128 valence electrons. The van der Waals surface area contributed by atoms with E-state index in [1.54, 1.807) is 0 Å². The van der Waals surface area contributed by atoms with Crippen LogP contribution in [0.4, 0.5) is 0 Å². The van der Waals surface area contributed by atoms with E-state index < -0.39 is 17.5 Å². The Hall–Kier alpha value is -1.32. The Morgan fingerprint density at radius 1 is 0.955 bits per heavy atom. The van der Waals surface area contributed by atoms with Gasteiger partial charge in [-0.2, -0.15) is 0 Å². The zero-order valence-electron chi connectivity index (χ0n) is 14.4. The average molecular weight is 311 g/mol. The monoisotopic (exact) mass is 311 g/mol. The summed E-state index contributed by atoms with van der Waals surface area (Å²) in [6, 6.07) is 0. The van der Waals surface area contributed by atoms with Crippen LogP contribution in [0.5, 0.6) is 0 Å². The fourth-order valence-electron chi connectivity index (χ4n) is 2.71. The van der Waals surface area contributed by atoms with E-state index in [1.807, 2.05) is 6.92 Å². The molecule has 0 bridgehead atoms. The van der Waals surface area contributed by atoms with Crippen molar-refractivity contribution in [2.75, 3.05) is 0 Å². The lowest BCUT2D eigenvalue weighted by Crippen LogP contribution is -2.47. The lowest BCUT2D eigenvalue weighted by Gasteiger charge is -2.29. The first-order valence-electron chi connectivity index (χ1n) is 8.67. The van der Waals surface area contributed by atoms with Crippen LogP contribution in [-0.4, -0.2) is 17.5 Å². The lowest BCUT2D eigenvalue weighted by atomic mass is 9.90. The van der Waals surface area contributed by atoms with Crippen molar-refractivity contribution in [1.29, 1.82) is 0 Å². The molecule has 22 heavy (non-hydrogen) atoms. The molecule has 1 amide bonds. The Bertz CT molecular complexity index is 341. The molecule has 0 aliphatic carbocycles. The summed E-state index contributed by atoms with van der Waals surface area (Å²) in [6.45, 7) is 7.54.